The molecule has 14 heteroatoms. The number of nitrogens with zero attached hydrogens (tertiary/aromatic N) is 3. The van der Waals surface area contributed by atoms with Gasteiger partial charge < -0.3 is 10.6 Å². The molecule has 0 bridgehead atoms. The van der Waals surface area contributed by atoms with E-state index in [9.17, 15) is 40.3 Å². The van der Waals surface area contributed by atoms with Gasteiger partial charge in [0.05, 0.1) is 31.1 Å². The van der Waals surface area contributed by atoms with E-state index in [1.165, 1.54) is 48.2 Å². The van der Waals surface area contributed by atoms with E-state index in [4.69, 9.17) is 0 Å². The lowest BCUT2D eigenvalue weighted by Crippen LogP contribution is -2.24. The summed E-state index contributed by atoms with van der Waals surface area (Å²) in [4.78, 5) is 28.0. The number of fused-ring (bicyclic) bond motifs is 1. The average Bonchev–Trinajstić information content (AvgIpc) is 3.79. The van der Waals surface area contributed by atoms with Crippen molar-refractivity contribution in [2.75, 3.05) is 0 Å². The Balaban J connectivity index is 0.000000382. The van der Waals surface area contributed by atoms with Gasteiger partial charge in [-0.15, -0.1) is 0 Å². The monoisotopic (exact) mass is 617 g/mol. The van der Waals surface area contributed by atoms with Crippen LogP contribution in [0.2, 0.25) is 0 Å². The average molecular weight is 618 g/mol. The zero-order valence-corrected chi connectivity index (χ0v) is 23.4. The van der Waals surface area contributed by atoms with Crippen LogP contribution in [0.25, 0.3) is 5.65 Å². The van der Waals surface area contributed by atoms with Gasteiger partial charge in [-0.25, -0.2) is 27.1 Å². The fraction of sp³-hybridized carbons (Fsp3) is 0.517. The van der Waals surface area contributed by atoms with Gasteiger partial charge in [0, 0.05) is 36.9 Å². The summed E-state index contributed by atoms with van der Waals surface area (Å²) in [5.74, 6) is -3.59. The highest BCUT2D eigenvalue weighted by Crippen LogP contribution is 2.32. The molecule has 7 nitrogen and oxygen atoms in total. The highest BCUT2D eigenvalue weighted by molar-refractivity contribution is 5.94. The Kier molecular flexibility index (Phi) is 12.3. The van der Waals surface area contributed by atoms with Crippen molar-refractivity contribution in [2.24, 2.45) is 0 Å². The number of benzene rings is 1. The van der Waals surface area contributed by atoms with Crippen LogP contribution in [0.4, 0.5) is 30.7 Å². The first-order chi connectivity index (χ1) is 20.3. The van der Waals surface area contributed by atoms with Gasteiger partial charge in [-0.3, -0.25) is 9.59 Å². The zero-order chi connectivity index (χ0) is 31.5. The molecule has 2 saturated carbocycles. The molecule has 2 aliphatic rings. The number of nitrogens with one attached hydrogen (secondary N) is 2. The summed E-state index contributed by atoms with van der Waals surface area (Å²) in [6.07, 6.45) is 1.20. The smallest absolute Gasteiger partial charge is 0.352 e. The Bertz CT molecular complexity index is 1330. The minimum atomic E-state index is -4.40. The molecule has 2 heterocycles. The van der Waals surface area contributed by atoms with Gasteiger partial charge in [-0.1, -0.05) is 37.8 Å². The van der Waals surface area contributed by atoms with Crippen molar-refractivity contribution in [2.45, 2.75) is 95.8 Å². The van der Waals surface area contributed by atoms with Crippen LogP contribution in [0.15, 0.2) is 42.7 Å². The molecule has 0 spiro atoms. The third-order valence-electron chi connectivity index (χ3n) is 6.32. The highest BCUT2D eigenvalue weighted by Gasteiger charge is 2.30. The van der Waals surface area contributed by atoms with Gasteiger partial charge >= 0.3 is 6.18 Å². The normalized spacial score (nSPS) is 15.5. The molecule has 43 heavy (non-hydrogen) atoms. The Labute approximate surface area is 244 Å². The van der Waals surface area contributed by atoms with Crippen LogP contribution in [-0.2, 0) is 17.9 Å². The first kappa shape index (κ1) is 33.8. The predicted molar refractivity (Wildman–Crippen MR) is 145 cm³/mol. The van der Waals surface area contributed by atoms with E-state index in [0.717, 1.165) is 12.5 Å². The third kappa shape index (κ3) is 13.0. The molecule has 2 aromatic heterocycles. The van der Waals surface area contributed by atoms with Crippen LogP contribution in [0.5, 0.6) is 0 Å². The molecule has 0 saturated heterocycles. The number of hydrogen-bond acceptors (Lipinski definition) is 4. The van der Waals surface area contributed by atoms with Crippen molar-refractivity contribution in [1.82, 2.24) is 25.2 Å². The molecule has 5 rings (SSSR count). The molecule has 1 aromatic carbocycles. The van der Waals surface area contributed by atoms with E-state index < -0.39 is 43.2 Å². The number of carbonyl (C=O) groups excluding carboxylic acids is 2. The fourth-order valence-electron chi connectivity index (χ4n) is 3.85. The Morgan fingerprint density at radius 2 is 1.63 bits per heavy atom. The second-order valence-corrected chi connectivity index (χ2v) is 10.4. The molecule has 0 aliphatic heterocycles. The number of carbonyl (C=O) groups is 2. The molecule has 2 N–H and O–H groups in total. The van der Waals surface area contributed by atoms with Crippen molar-refractivity contribution in [3.63, 3.8) is 0 Å². The zero-order valence-electron chi connectivity index (χ0n) is 23.4. The maximum atomic E-state index is 12.8. The van der Waals surface area contributed by atoms with E-state index in [1.54, 1.807) is 12.3 Å². The van der Waals surface area contributed by atoms with Crippen LogP contribution in [0.3, 0.4) is 0 Å². The van der Waals surface area contributed by atoms with Crippen molar-refractivity contribution in [3.8, 4) is 0 Å². The Morgan fingerprint density at radius 3 is 2.21 bits per heavy atom. The number of rotatable bonds is 8. The van der Waals surface area contributed by atoms with Crippen LogP contribution >= 0.6 is 0 Å². The molecule has 0 atom stereocenters. The summed E-state index contributed by atoms with van der Waals surface area (Å²) in [5.41, 5.74) is 1.21. The lowest BCUT2D eigenvalue weighted by molar-refractivity contribution is -0.144. The standard InChI is InChI=1S/C20H18F5N5O2.C6H10F2.C3H6/c21-18(22)13-2-1-3-14(7-13)19(32)27-10-15-11-30-16(29-15)6-12(9-28-30)8-26-17(31)4-5-20(23,24)25;7-6(8)4-2-1-3-5-6;1-2-3-1/h1-3,6-7,9,11,18H,4-5,8,10H2,(H,26,31)(H,27,32);1-5H2;1-3H2. The first-order valence-electron chi connectivity index (χ1n) is 14.0. The van der Waals surface area contributed by atoms with Crippen LogP contribution in [0, 0.1) is 0 Å². The van der Waals surface area contributed by atoms with Gasteiger partial charge in [-0.2, -0.15) is 18.3 Å². The summed E-state index contributed by atoms with van der Waals surface area (Å²) >= 11 is 0. The number of hydrogen-bond donors (Lipinski definition) is 2. The van der Waals surface area contributed by atoms with Crippen LogP contribution < -0.4 is 10.6 Å². The molecule has 2 fully saturated rings. The molecule has 2 aliphatic carbocycles. The van der Waals surface area contributed by atoms with E-state index >= 15 is 0 Å². The fourth-order valence-corrected chi connectivity index (χ4v) is 3.85. The third-order valence-corrected chi connectivity index (χ3v) is 6.32. The number of halogens is 7. The molecule has 2 amide bonds. The maximum Gasteiger partial charge on any atom is 0.389 e. The molecular weight excluding hydrogens is 583 g/mol. The van der Waals surface area contributed by atoms with E-state index in [0.29, 0.717) is 29.7 Å². The number of imidazole rings is 1. The second kappa shape index (κ2) is 15.7. The van der Waals surface area contributed by atoms with Crippen molar-refractivity contribution < 1.29 is 40.3 Å². The van der Waals surface area contributed by atoms with E-state index in [2.05, 4.69) is 20.7 Å². The van der Waals surface area contributed by atoms with Crippen molar-refractivity contribution in [3.05, 3.63) is 65.1 Å². The van der Waals surface area contributed by atoms with Gasteiger partial charge in [0.1, 0.15) is 0 Å². The number of amides is 2. The van der Waals surface area contributed by atoms with Crippen LogP contribution in [-0.4, -0.2) is 38.5 Å². The molecule has 0 unspecified atom stereocenters. The van der Waals surface area contributed by atoms with Gasteiger partial charge in [0.25, 0.3) is 12.3 Å². The van der Waals surface area contributed by atoms with Crippen molar-refractivity contribution in [1.29, 1.82) is 0 Å². The SMILES string of the molecule is C1CC1.FC1(F)CCCCC1.O=C(CCC(F)(F)F)NCc1cnn2cc(CNC(=O)c3cccc(C(F)F)c3)nc2c1. The highest BCUT2D eigenvalue weighted by atomic mass is 19.4. The lowest BCUT2D eigenvalue weighted by Gasteiger charge is -2.20. The maximum absolute atomic E-state index is 12.8. The summed E-state index contributed by atoms with van der Waals surface area (Å²) in [7, 11) is 0. The van der Waals surface area contributed by atoms with Crippen LogP contribution in [0.1, 0.15) is 97.8 Å². The summed E-state index contributed by atoms with van der Waals surface area (Å²) in [6.45, 7) is 0.00417. The van der Waals surface area contributed by atoms with Gasteiger partial charge in [-0.05, 0) is 36.6 Å². The molecule has 0 radical (unpaired) electrons. The number of alkyl halides is 7. The predicted octanol–water partition coefficient (Wildman–Crippen LogP) is 7.31. The largest absolute Gasteiger partial charge is 0.389 e. The minimum Gasteiger partial charge on any atom is -0.352 e. The summed E-state index contributed by atoms with van der Waals surface area (Å²) < 4.78 is 87.9. The summed E-state index contributed by atoms with van der Waals surface area (Å²) in [6, 6.07) is 6.72. The van der Waals surface area contributed by atoms with Crippen molar-refractivity contribution >= 4 is 17.5 Å². The minimum absolute atomic E-state index is 0.0143. The second-order valence-electron chi connectivity index (χ2n) is 10.4. The van der Waals surface area contributed by atoms with E-state index in [-0.39, 0.29) is 37.1 Å². The number of aromatic nitrogens is 3. The topological polar surface area (TPSA) is 88.4 Å². The van der Waals surface area contributed by atoms with E-state index in [1.807, 2.05) is 0 Å². The molecule has 236 valence electrons. The quantitative estimate of drug-likeness (QED) is 0.260. The Morgan fingerprint density at radius 1 is 0.953 bits per heavy atom. The first-order valence-corrected chi connectivity index (χ1v) is 14.0. The Hall–Kier alpha value is -3.71. The van der Waals surface area contributed by atoms with Gasteiger partial charge in [0.15, 0.2) is 5.65 Å². The molecule has 3 aromatic rings. The van der Waals surface area contributed by atoms with Gasteiger partial charge in [0.2, 0.25) is 11.8 Å². The lowest BCUT2D eigenvalue weighted by atomic mass is 9.97. The summed E-state index contributed by atoms with van der Waals surface area (Å²) in [5, 5.41) is 9.08. The molecular formula is C29H34F7N5O2.